The first-order chi connectivity index (χ1) is 11.4. The van der Waals surface area contributed by atoms with Crippen molar-refractivity contribution in [2.75, 3.05) is 19.7 Å². The fourth-order valence-corrected chi connectivity index (χ4v) is 3.36. The molecule has 0 bridgehead atoms. The van der Waals surface area contributed by atoms with E-state index < -0.39 is 0 Å². The van der Waals surface area contributed by atoms with Gasteiger partial charge in [0.1, 0.15) is 0 Å². The van der Waals surface area contributed by atoms with Gasteiger partial charge in [-0.2, -0.15) is 0 Å². The van der Waals surface area contributed by atoms with Gasteiger partial charge in [-0.05, 0) is 35.8 Å². The molecule has 0 aromatic heterocycles. The number of carbonyl (C=O) groups excluding carboxylic acids is 1. The zero-order chi connectivity index (χ0) is 17.7. The number of rotatable bonds is 6. The number of likely N-dealkylation sites (tertiary alicyclic amines) is 1. The predicted octanol–water partition coefficient (Wildman–Crippen LogP) is 3.61. The largest absolute Gasteiger partial charge is 0.396 e. The summed E-state index contributed by atoms with van der Waals surface area (Å²) >= 11 is 0. The fraction of sp³-hybridized carbons (Fsp3) is 0.650. The molecule has 2 rings (SSSR count). The number of nitrogens with one attached hydrogen (secondary N) is 1. The van der Waals surface area contributed by atoms with Crippen LogP contribution in [0.5, 0.6) is 0 Å². The van der Waals surface area contributed by atoms with Gasteiger partial charge in [-0.1, -0.05) is 52.0 Å². The van der Waals surface area contributed by atoms with Gasteiger partial charge in [-0.15, -0.1) is 0 Å². The summed E-state index contributed by atoms with van der Waals surface area (Å²) in [7, 11) is 0. The summed E-state index contributed by atoms with van der Waals surface area (Å²) in [6.07, 6.45) is 1.97. The van der Waals surface area contributed by atoms with Crippen LogP contribution in [0.3, 0.4) is 0 Å². The second-order valence-corrected chi connectivity index (χ2v) is 7.79. The first kappa shape index (κ1) is 18.8. The van der Waals surface area contributed by atoms with Crippen LogP contribution in [0, 0.1) is 17.8 Å². The van der Waals surface area contributed by atoms with Crippen LogP contribution < -0.4 is 5.32 Å². The van der Waals surface area contributed by atoms with Crippen molar-refractivity contribution in [3.63, 3.8) is 0 Å². The van der Waals surface area contributed by atoms with Gasteiger partial charge in [-0.3, -0.25) is 0 Å². The Morgan fingerprint density at radius 3 is 2.42 bits per heavy atom. The van der Waals surface area contributed by atoms with Crippen molar-refractivity contribution in [2.24, 2.45) is 17.8 Å². The van der Waals surface area contributed by atoms with Crippen LogP contribution in [-0.4, -0.2) is 35.7 Å². The molecule has 1 heterocycles. The molecular weight excluding hydrogens is 300 g/mol. The summed E-state index contributed by atoms with van der Waals surface area (Å²) in [5.74, 6) is 1.19. The third kappa shape index (κ3) is 4.97. The van der Waals surface area contributed by atoms with Crippen LogP contribution in [-0.2, 0) is 6.42 Å². The minimum absolute atomic E-state index is 0.0128. The highest BCUT2D eigenvalue weighted by molar-refractivity contribution is 5.75. The average Bonchev–Trinajstić information content (AvgIpc) is 3.01. The van der Waals surface area contributed by atoms with Crippen LogP contribution in [0.2, 0.25) is 0 Å². The van der Waals surface area contributed by atoms with Gasteiger partial charge < -0.3 is 15.3 Å². The molecule has 1 fully saturated rings. The van der Waals surface area contributed by atoms with E-state index in [0.29, 0.717) is 18.4 Å². The molecule has 4 nitrogen and oxygen atoms in total. The van der Waals surface area contributed by atoms with Crippen molar-refractivity contribution in [1.82, 2.24) is 10.2 Å². The van der Waals surface area contributed by atoms with Crippen LogP contribution in [0.1, 0.15) is 51.3 Å². The predicted molar refractivity (Wildman–Crippen MR) is 97.9 cm³/mol. The molecule has 134 valence electrons. The van der Waals surface area contributed by atoms with E-state index in [1.165, 1.54) is 5.56 Å². The molecule has 1 aromatic carbocycles. The Bertz CT molecular complexity index is 525. The summed E-state index contributed by atoms with van der Waals surface area (Å²) in [6, 6.07) is 8.63. The zero-order valence-electron chi connectivity index (χ0n) is 15.5. The summed E-state index contributed by atoms with van der Waals surface area (Å²) in [5, 5.41) is 12.4. The lowest BCUT2D eigenvalue weighted by Crippen LogP contribution is -2.42. The molecule has 1 aliphatic rings. The van der Waals surface area contributed by atoms with E-state index in [1.54, 1.807) is 0 Å². The second kappa shape index (κ2) is 8.52. The number of nitrogens with zero attached hydrogens (tertiary/aromatic N) is 1. The van der Waals surface area contributed by atoms with Crippen molar-refractivity contribution >= 4 is 6.03 Å². The highest BCUT2D eigenvalue weighted by Gasteiger charge is 2.28. The standard InChI is InChI=1S/C20H32N2O2/c1-14(2)11-16-5-7-18(8-6-16)19(15(3)4)21-20(24)22-10-9-17(12-22)13-23/h5-8,14-15,17,19,23H,9-13H2,1-4H3,(H,21,24). The molecule has 2 amide bonds. The molecule has 0 aliphatic carbocycles. The first-order valence-electron chi connectivity index (χ1n) is 9.15. The molecule has 1 saturated heterocycles. The highest BCUT2D eigenvalue weighted by atomic mass is 16.3. The molecular formula is C20H32N2O2. The lowest BCUT2D eigenvalue weighted by atomic mass is 9.94. The number of aliphatic hydroxyl groups excluding tert-OH is 1. The normalized spacial score (nSPS) is 19.1. The zero-order valence-corrected chi connectivity index (χ0v) is 15.5. The monoisotopic (exact) mass is 332 g/mol. The summed E-state index contributed by atoms with van der Waals surface area (Å²) < 4.78 is 0. The van der Waals surface area contributed by atoms with Gasteiger partial charge in [0, 0.05) is 25.6 Å². The lowest BCUT2D eigenvalue weighted by molar-refractivity contribution is 0.192. The van der Waals surface area contributed by atoms with Crippen LogP contribution in [0.25, 0.3) is 0 Å². The number of benzene rings is 1. The third-order valence-electron chi connectivity index (χ3n) is 4.76. The number of urea groups is 1. The van der Waals surface area contributed by atoms with E-state index in [2.05, 4.69) is 57.3 Å². The molecule has 1 aliphatic heterocycles. The maximum absolute atomic E-state index is 12.5. The van der Waals surface area contributed by atoms with Gasteiger partial charge >= 0.3 is 6.03 Å². The minimum atomic E-state index is -0.0177. The van der Waals surface area contributed by atoms with Crippen LogP contribution in [0.4, 0.5) is 4.79 Å². The molecule has 0 radical (unpaired) electrons. The molecule has 24 heavy (non-hydrogen) atoms. The third-order valence-corrected chi connectivity index (χ3v) is 4.76. The SMILES string of the molecule is CC(C)Cc1ccc(C(NC(=O)N2CCC(CO)C2)C(C)C)cc1. The van der Waals surface area contributed by atoms with E-state index in [0.717, 1.165) is 24.9 Å². The molecule has 2 N–H and O–H groups in total. The maximum Gasteiger partial charge on any atom is 0.317 e. The number of hydrogen-bond donors (Lipinski definition) is 2. The van der Waals surface area contributed by atoms with E-state index in [4.69, 9.17) is 0 Å². The Hall–Kier alpha value is -1.55. The Balaban J connectivity index is 2.02. The topological polar surface area (TPSA) is 52.6 Å². The van der Waals surface area contributed by atoms with E-state index in [1.807, 2.05) is 4.90 Å². The van der Waals surface area contributed by atoms with Crippen molar-refractivity contribution in [2.45, 2.75) is 46.6 Å². The molecule has 0 saturated carbocycles. The number of aliphatic hydroxyl groups is 1. The fourth-order valence-electron chi connectivity index (χ4n) is 3.36. The number of carbonyl (C=O) groups is 1. The quantitative estimate of drug-likeness (QED) is 0.836. The number of hydrogen-bond acceptors (Lipinski definition) is 2. The van der Waals surface area contributed by atoms with E-state index >= 15 is 0 Å². The van der Waals surface area contributed by atoms with Gasteiger partial charge in [0.05, 0.1) is 6.04 Å². The van der Waals surface area contributed by atoms with Gasteiger partial charge in [-0.25, -0.2) is 4.79 Å². The Kier molecular flexibility index (Phi) is 6.67. The van der Waals surface area contributed by atoms with Crippen LogP contribution >= 0.6 is 0 Å². The molecule has 4 heteroatoms. The second-order valence-electron chi connectivity index (χ2n) is 7.79. The average molecular weight is 332 g/mol. The summed E-state index contributed by atoms with van der Waals surface area (Å²) in [5.41, 5.74) is 2.50. The first-order valence-corrected chi connectivity index (χ1v) is 9.15. The van der Waals surface area contributed by atoms with Gasteiger partial charge in [0.15, 0.2) is 0 Å². The summed E-state index contributed by atoms with van der Waals surface area (Å²) in [6.45, 7) is 10.3. The van der Waals surface area contributed by atoms with Crippen molar-refractivity contribution in [1.29, 1.82) is 0 Å². The minimum Gasteiger partial charge on any atom is -0.396 e. The molecule has 2 atom stereocenters. The Labute approximate surface area is 146 Å². The van der Waals surface area contributed by atoms with Gasteiger partial charge in [0.25, 0.3) is 0 Å². The van der Waals surface area contributed by atoms with Crippen molar-refractivity contribution in [3.05, 3.63) is 35.4 Å². The Morgan fingerprint density at radius 2 is 1.92 bits per heavy atom. The molecule has 2 unspecified atom stereocenters. The summed E-state index contributed by atoms with van der Waals surface area (Å²) in [4.78, 5) is 14.4. The van der Waals surface area contributed by atoms with Crippen molar-refractivity contribution < 1.29 is 9.90 Å². The van der Waals surface area contributed by atoms with E-state index in [-0.39, 0.29) is 24.6 Å². The smallest absolute Gasteiger partial charge is 0.317 e. The van der Waals surface area contributed by atoms with Crippen LogP contribution in [0.15, 0.2) is 24.3 Å². The number of amides is 2. The van der Waals surface area contributed by atoms with Crippen molar-refractivity contribution in [3.8, 4) is 0 Å². The molecule has 1 aromatic rings. The Morgan fingerprint density at radius 1 is 1.25 bits per heavy atom. The lowest BCUT2D eigenvalue weighted by Gasteiger charge is -2.26. The highest BCUT2D eigenvalue weighted by Crippen LogP contribution is 2.24. The molecule has 0 spiro atoms. The van der Waals surface area contributed by atoms with E-state index in [9.17, 15) is 9.90 Å². The van der Waals surface area contributed by atoms with Gasteiger partial charge in [0.2, 0.25) is 0 Å². The maximum atomic E-state index is 12.5.